The van der Waals surface area contributed by atoms with Crippen molar-refractivity contribution in [2.24, 2.45) is 5.92 Å². The van der Waals surface area contributed by atoms with Crippen molar-refractivity contribution < 1.29 is 4.74 Å². The van der Waals surface area contributed by atoms with E-state index in [1.54, 1.807) is 0 Å². The third-order valence-corrected chi connectivity index (χ3v) is 2.09. The molecule has 2 nitrogen and oxygen atoms in total. The summed E-state index contributed by atoms with van der Waals surface area (Å²) in [6.45, 7) is 3.31. The smallest absolute Gasteiger partial charge is 0.0750 e. The lowest BCUT2D eigenvalue weighted by Crippen LogP contribution is -2.51. The van der Waals surface area contributed by atoms with Crippen LogP contribution in [0.15, 0.2) is 0 Å². The first kappa shape index (κ1) is 4.77. The summed E-state index contributed by atoms with van der Waals surface area (Å²) in [5, 5.41) is 3.29. The maximum atomic E-state index is 5.27. The van der Waals surface area contributed by atoms with Gasteiger partial charge >= 0.3 is 0 Å². The minimum absolute atomic E-state index is 0.573. The molecule has 8 heavy (non-hydrogen) atoms. The molecular formula is C6H11NO. The molecule has 0 spiro atoms. The topological polar surface area (TPSA) is 21.3 Å². The molecule has 1 N–H and O–H groups in total. The fraction of sp³-hybridized carbons (Fsp3) is 1.00. The fourth-order valence-corrected chi connectivity index (χ4v) is 1.39. The van der Waals surface area contributed by atoms with Crippen LogP contribution in [-0.2, 0) is 4.74 Å². The number of hydrogen-bond donors (Lipinski definition) is 1. The van der Waals surface area contributed by atoms with E-state index in [2.05, 4.69) is 5.32 Å². The third kappa shape index (κ3) is 0.565. The van der Waals surface area contributed by atoms with E-state index >= 15 is 0 Å². The first-order valence-corrected chi connectivity index (χ1v) is 3.29. The molecule has 0 aromatic carbocycles. The van der Waals surface area contributed by atoms with Gasteiger partial charge in [0.15, 0.2) is 0 Å². The Labute approximate surface area is 49.2 Å². The maximum Gasteiger partial charge on any atom is 0.0750 e. The van der Waals surface area contributed by atoms with Crippen LogP contribution in [0.5, 0.6) is 0 Å². The van der Waals surface area contributed by atoms with Gasteiger partial charge in [-0.05, 0) is 13.0 Å². The Bertz CT molecular complexity index is 82.5. The van der Waals surface area contributed by atoms with Crippen LogP contribution in [0, 0.1) is 5.92 Å². The van der Waals surface area contributed by atoms with Gasteiger partial charge < -0.3 is 10.1 Å². The van der Waals surface area contributed by atoms with E-state index in [1.165, 1.54) is 13.0 Å². The summed E-state index contributed by atoms with van der Waals surface area (Å²) in [6.07, 6.45) is 1.90. The van der Waals surface area contributed by atoms with E-state index in [0.717, 1.165) is 19.1 Å². The Morgan fingerprint density at radius 2 is 2.50 bits per heavy atom. The molecule has 0 aromatic heterocycles. The number of nitrogens with one attached hydrogen (secondary N) is 1. The highest BCUT2D eigenvalue weighted by Gasteiger charge is 2.33. The summed E-state index contributed by atoms with van der Waals surface area (Å²) in [5.74, 6) is 0.899. The summed E-state index contributed by atoms with van der Waals surface area (Å²) < 4.78 is 5.27. The SMILES string of the molecule is C1C[C@H]2CO[C@@H]2CN1. The van der Waals surface area contributed by atoms with E-state index in [1.807, 2.05) is 0 Å². The van der Waals surface area contributed by atoms with Crippen molar-refractivity contribution in [2.45, 2.75) is 12.5 Å². The Balaban J connectivity index is 1.92. The van der Waals surface area contributed by atoms with Crippen LogP contribution in [-0.4, -0.2) is 25.8 Å². The number of hydrogen-bond acceptors (Lipinski definition) is 2. The zero-order chi connectivity index (χ0) is 5.40. The van der Waals surface area contributed by atoms with Gasteiger partial charge in [-0.25, -0.2) is 0 Å². The Morgan fingerprint density at radius 1 is 1.50 bits per heavy atom. The van der Waals surface area contributed by atoms with Crippen molar-refractivity contribution in [2.75, 3.05) is 19.7 Å². The molecule has 0 radical (unpaired) electrons. The highest BCUT2D eigenvalue weighted by atomic mass is 16.5. The summed E-state index contributed by atoms with van der Waals surface area (Å²) in [6, 6.07) is 0. The molecule has 0 aromatic rings. The van der Waals surface area contributed by atoms with E-state index in [-0.39, 0.29) is 0 Å². The zero-order valence-electron chi connectivity index (χ0n) is 4.89. The molecule has 0 aliphatic carbocycles. The molecule has 0 amide bonds. The van der Waals surface area contributed by atoms with Gasteiger partial charge in [-0.1, -0.05) is 0 Å². The lowest BCUT2D eigenvalue weighted by atomic mass is 9.91. The van der Waals surface area contributed by atoms with E-state index in [0.29, 0.717) is 6.10 Å². The summed E-state index contributed by atoms with van der Waals surface area (Å²) in [7, 11) is 0. The quantitative estimate of drug-likeness (QED) is 0.477. The van der Waals surface area contributed by atoms with Crippen LogP contribution < -0.4 is 5.32 Å². The fourth-order valence-electron chi connectivity index (χ4n) is 1.39. The van der Waals surface area contributed by atoms with Crippen LogP contribution in [0.25, 0.3) is 0 Å². The van der Waals surface area contributed by atoms with Gasteiger partial charge in [0.2, 0.25) is 0 Å². The Hall–Kier alpha value is -0.0800. The number of fused-ring (bicyclic) bond motifs is 1. The Kier molecular flexibility index (Phi) is 1.02. The number of rotatable bonds is 0. The zero-order valence-corrected chi connectivity index (χ0v) is 4.89. The average Bonchev–Trinajstić information content (AvgIpc) is 1.72. The summed E-state index contributed by atoms with van der Waals surface area (Å²) >= 11 is 0. The van der Waals surface area contributed by atoms with Gasteiger partial charge in [-0.15, -0.1) is 0 Å². The molecule has 2 atom stereocenters. The summed E-state index contributed by atoms with van der Waals surface area (Å²) in [4.78, 5) is 0. The molecule has 2 saturated heterocycles. The summed E-state index contributed by atoms with van der Waals surface area (Å²) in [5.41, 5.74) is 0. The van der Waals surface area contributed by atoms with E-state index in [9.17, 15) is 0 Å². The normalized spacial score (nSPS) is 45.0. The van der Waals surface area contributed by atoms with Crippen molar-refractivity contribution in [1.29, 1.82) is 0 Å². The van der Waals surface area contributed by atoms with Crippen molar-refractivity contribution in [1.82, 2.24) is 5.32 Å². The third-order valence-electron chi connectivity index (χ3n) is 2.09. The standard InChI is InChI=1S/C6H11NO/c1-2-7-3-6-5(1)4-8-6/h5-7H,1-4H2/t5-,6+/m0/s1. The molecule has 2 aliphatic heterocycles. The van der Waals surface area contributed by atoms with Crippen LogP contribution in [0.3, 0.4) is 0 Å². The number of ether oxygens (including phenoxy) is 1. The minimum Gasteiger partial charge on any atom is -0.376 e. The van der Waals surface area contributed by atoms with Crippen molar-refractivity contribution in [3.05, 3.63) is 0 Å². The van der Waals surface area contributed by atoms with Crippen LogP contribution >= 0.6 is 0 Å². The lowest BCUT2D eigenvalue weighted by Gasteiger charge is -2.40. The van der Waals surface area contributed by atoms with Gasteiger partial charge in [0.05, 0.1) is 12.7 Å². The molecule has 2 heterocycles. The highest BCUT2D eigenvalue weighted by molar-refractivity contribution is 4.84. The van der Waals surface area contributed by atoms with Gasteiger partial charge in [0.1, 0.15) is 0 Å². The van der Waals surface area contributed by atoms with Crippen LogP contribution in [0.2, 0.25) is 0 Å². The van der Waals surface area contributed by atoms with Gasteiger partial charge in [0.25, 0.3) is 0 Å². The van der Waals surface area contributed by atoms with Crippen LogP contribution in [0.1, 0.15) is 6.42 Å². The first-order valence-electron chi connectivity index (χ1n) is 3.29. The van der Waals surface area contributed by atoms with Gasteiger partial charge in [-0.3, -0.25) is 0 Å². The van der Waals surface area contributed by atoms with Gasteiger partial charge in [-0.2, -0.15) is 0 Å². The second kappa shape index (κ2) is 1.71. The molecule has 46 valence electrons. The van der Waals surface area contributed by atoms with Crippen molar-refractivity contribution >= 4 is 0 Å². The van der Waals surface area contributed by atoms with E-state index < -0.39 is 0 Å². The maximum absolute atomic E-state index is 5.27. The minimum atomic E-state index is 0.573. The molecule has 2 fully saturated rings. The molecule has 2 rings (SSSR count). The molecule has 2 heteroatoms. The average molecular weight is 113 g/mol. The monoisotopic (exact) mass is 113 g/mol. The molecule has 0 unspecified atom stereocenters. The van der Waals surface area contributed by atoms with Crippen molar-refractivity contribution in [3.8, 4) is 0 Å². The molecule has 0 bridgehead atoms. The largest absolute Gasteiger partial charge is 0.376 e. The first-order chi connectivity index (χ1) is 3.97. The molecular weight excluding hydrogens is 102 g/mol. The lowest BCUT2D eigenvalue weighted by molar-refractivity contribution is -0.125. The van der Waals surface area contributed by atoms with Crippen LogP contribution in [0.4, 0.5) is 0 Å². The molecule has 0 saturated carbocycles. The Morgan fingerprint density at radius 3 is 2.88 bits per heavy atom. The number of piperidine rings is 1. The predicted octanol–water partition coefficient (Wildman–Crippen LogP) is -0.00530. The van der Waals surface area contributed by atoms with Gasteiger partial charge in [0, 0.05) is 12.5 Å². The predicted molar refractivity (Wildman–Crippen MR) is 30.7 cm³/mol. The van der Waals surface area contributed by atoms with E-state index in [4.69, 9.17) is 4.74 Å². The molecule has 2 aliphatic rings. The second-order valence-corrected chi connectivity index (χ2v) is 2.62. The second-order valence-electron chi connectivity index (χ2n) is 2.62. The van der Waals surface area contributed by atoms with Crippen molar-refractivity contribution in [3.63, 3.8) is 0 Å². The highest BCUT2D eigenvalue weighted by Crippen LogP contribution is 2.24.